The summed E-state index contributed by atoms with van der Waals surface area (Å²) in [6, 6.07) is 10.6. The lowest BCUT2D eigenvalue weighted by Gasteiger charge is -2.09. The number of hydrogen-bond donors (Lipinski definition) is 2. The molecule has 0 radical (unpaired) electrons. The predicted molar refractivity (Wildman–Crippen MR) is 82.0 cm³/mol. The molecule has 0 saturated carbocycles. The van der Waals surface area contributed by atoms with Gasteiger partial charge in [-0.05, 0) is 23.6 Å². The molecule has 1 aromatic heterocycles. The van der Waals surface area contributed by atoms with Crippen LogP contribution >= 0.6 is 11.3 Å². The smallest absolute Gasteiger partial charge is 0.261 e. The predicted octanol–water partition coefficient (Wildman–Crippen LogP) is 1.92. The lowest BCUT2D eigenvalue weighted by Crippen LogP contribution is -2.34. The van der Waals surface area contributed by atoms with E-state index < -0.39 is 0 Å². The fourth-order valence-electron chi connectivity index (χ4n) is 1.77. The molecule has 0 unspecified atom stereocenters. The van der Waals surface area contributed by atoms with Gasteiger partial charge < -0.3 is 15.4 Å². The monoisotopic (exact) mass is 304 g/mol. The molecule has 0 saturated heterocycles. The molecule has 0 aliphatic carbocycles. The minimum Gasteiger partial charge on any atom is -0.496 e. The maximum absolute atomic E-state index is 12.0. The second-order valence-electron chi connectivity index (χ2n) is 4.19. The van der Waals surface area contributed by atoms with E-state index in [2.05, 4.69) is 10.6 Å². The number of methoxy groups -OCH3 is 1. The second-order valence-corrected chi connectivity index (χ2v) is 5.14. The van der Waals surface area contributed by atoms with Crippen LogP contribution in [-0.2, 0) is 0 Å². The molecule has 0 bridgehead atoms. The first-order chi connectivity index (χ1) is 10.2. The maximum atomic E-state index is 12.0. The van der Waals surface area contributed by atoms with Crippen molar-refractivity contribution in [1.82, 2.24) is 10.6 Å². The summed E-state index contributed by atoms with van der Waals surface area (Å²) in [4.78, 5) is 24.3. The van der Waals surface area contributed by atoms with E-state index in [-0.39, 0.29) is 11.8 Å². The molecule has 2 aromatic rings. The van der Waals surface area contributed by atoms with Gasteiger partial charge in [0.05, 0.1) is 17.6 Å². The van der Waals surface area contributed by atoms with Crippen LogP contribution in [0.1, 0.15) is 20.0 Å². The molecule has 0 fully saturated rings. The molecule has 6 heteroatoms. The van der Waals surface area contributed by atoms with Gasteiger partial charge in [0.25, 0.3) is 11.8 Å². The Morgan fingerprint density at radius 3 is 2.43 bits per heavy atom. The first-order valence-corrected chi connectivity index (χ1v) is 7.33. The zero-order valence-corrected chi connectivity index (χ0v) is 12.4. The van der Waals surface area contributed by atoms with Crippen molar-refractivity contribution < 1.29 is 14.3 Å². The lowest BCUT2D eigenvalue weighted by molar-refractivity contribution is 0.0928. The van der Waals surface area contributed by atoms with Crippen molar-refractivity contribution in [2.45, 2.75) is 0 Å². The Morgan fingerprint density at radius 1 is 1.05 bits per heavy atom. The molecule has 0 spiro atoms. The van der Waals surface area contributed by atoms with Crippen LogP contribution in [0.2, 0.25) is 0 Å². The van der Waals surface area contributed by atoms with Gasteiger partial charge in [-0.15, -0.1) is 11.3 Å². The Hall–Kier alpha value is -2.34. The Labute approximate surface area is 126 Å². The molecule has 2 rings (SSSR count). The van der Waals surface area contributed by atoms with Crippen LogP contribution in [-0.4, -0.2) is 32.0 Å². The minimum absolute atomic E-state index is 0.128. The number of thiophene rings is 1. The molecule has 0 aliphatic rings. The van der Waals surface area contributed by atoms with Crippen LogP contribution in [0.5, 0.6) is 5.75 Å². The van der Waals surface area contributed by atoms with Gasteiger partial charge in [0.2, 0.25) is 0 Å². The summed E-state index contributed by atoms with van der Waals surface area (Å²) in [5.74, 6) is 0.173. The Morgan fingerprint density at radius 2 is 1.76 bits per heavy atom. The van der Waals surface area contributed by atoms with Crippen LogP contribution in [0, 0.1) is 0 Å². The number of hydrogen-bond acceptors (Lipinski definition) is 4. The molecule has 0 aliphatic heterocycles. The van der Waals surface area contributed by atoms with E-state index in [0.717, 1.165) is 0 Å². The molecule has 1 heterocycles. The van der Waals surface area contributed by atoms with Gasteiger partial charge in [-0.25, -0.2) is 0 Å². The van der Waals surface area contributed by atoms with Crippen molar-refractivity contribution in [1.29, 1.82) is 0 Å². The number of ether oxygens (including phenoxy) is 1. The van der Waals surface area contributed by atoms with Crippen molar-refractivity contribution in [2.24, 2.45) is 0 Å². The third-order valence-electron chi connectivity index (χ3n) is 2.79. The fraction of sp³-hybridized carbons (Fsp3) is 0.200. The number of carbonyl (C=O) groups excluding carboxylic acids is 2. The zero-order valence-electron chi connectivity index (χ0n) is 11.6. The van der Waals surface area contributed by atoms with Crippen molar-refractivity contribution in [3.8, 4) is 5.75 Å². The van der Waals surface area contributed by atoms with E-state index in [9.17, 15) is 9.59 Å². The minimum atomic E-state index is -0.224. The summed E-state index contributed by atoms with van der Waals surface area (Å²) in [6.45, 7) is 0.728. The highest BCUT2D eigenvalue weighted by Crippen LogP contribution is 2.16. The normalized spacial score (nSPS) is 9.95. The largest absolute Gasteiger partial charge is 0.496 e. The molecule has 0 atom stereocenters. The molecule has 110 valence electrons. The number of carbonyl (C=O) groups is 2. The Bertz CT molecular complexity index is 611. The molecule has 2 amide bonds. The number of amides is 2. The van der Waals surface area contributed by atoms with Gasteiger partial charge in [0, 0.05) is 13.1 Å². The van der Waals surface area contributed by atoms with Gasteiger partial charge >= 0.3 is 0 Å². The number of benzene rings is 1. The second kappa shape index (κ2) is 7.44. The first-order valence-electron chi connectivity index (χ1n) is 6.45. The number of para-hydroxylation sites is 1. The van der Waals surface area contributed by atoms with E-state index in [1.165, 1.54) is 18.4 Å². The van der Waals surface area contributed by atoms with Crippen LogP contribution in [0.25, 0.3) is 0 Å². The van der Waals surface area contributed by atoms with E-state index in [1.807, 2.05) is 11.4 Å². The molecule has 5 nitrogen and oxygen atoms in total. The average molecular weight is 304 g/mol. The molecular formula is C15H16N2O3S. The average Bonchev–Trinajstić information content (AvgIpc) is 3.05. The van der Waals surface area contributed by atoms with Crippen molar-refractivity contribution in [2.75, 3.05) is 20.2 Å². The summed E-state index contributed by atoms with van der Waals surface area (Å²) in [6.07, 6.45) is 0. The Kier molecular flexibility index (Phi) is 5.34. The first kappa shape index (κ1) is 15.1. The van der Waals surface area contributed by atoms with Crippen molar-refractivity contribution >= 4 is 23.2 Å². The van der Waals surface area contributed by atoms with E-state index in [1.54, 1.807) is 30.3 Å². The van der Waals surface area contributed by atoms with E-state index in [0.29, 0.717) is 29.3 Å². The maximum Gasteiger partial charge on any atom is 0.261 e. The highest BCUT2D eigenvalue weighted by molar-refractivity contribution is 7.12. The van der Waals surface area contributed by atoms with Gasteiger partial charge in [-0.1, -0.05) is 18.2 Å². The van der Waals surface area contributed by atoms with Crippen LogP contribution in [0.3, 0.4) is 0 Å². The number of rotatable bonds is 6. The summed E-state index contributed by atoms with van der Waals surface area (Å²) < 4.78 is 5.13. The van der Waals surface area contributed by atoms with Crippen LogP contribution in [0.15, 0.2) is 41.8 Å². The third-order valence-corrected chi connectivity index (χ3v) is 3.66. The quantitative estimate of drug-likeness (QED) is 0.801. The zero-order chi connectivity index (χ0) is 15.1. The highest BCUT2D eigenvalue weighted by atomic mass is 32.1. The SMILES string of the molecule is COc1ccccc1C(=O)NCCNC(=O)c1cccs1. The fourth-order valence-corrected chi connectivity index (χ4v) is 2.41. The van der Waals surface area contributed by atoms with Crippen molar-refractivity contribution in [3.63, 3.8) is 0 Å². The summed E-state index contributed by atoms with van der Waals surface area (Å²) in [5.41, 5.74) is 0.476. The Balaban J connectivity index is 1.78. The molecule has 2 N–H and O–H groups in total. The molecular weight excluding hydrogens is 288 g/mol. The molecule has 21 heavy (non-hydrogen) atoms. The molecule has 1 aromatic carbocycles. The van der Waals surface area contributed by atoms with Gasteiger partial charge in [-0.2, -0.15) is 0 Å². The highest BCUT2D eigenvalue weighted by Gasteiger charge is 2.11. The summed E-state index contributed by atoms with van der Waals surface area (Å²) in [7, 11) is 1.52. The van der Waals surface area contributed by atoms with Crippen LogP contribution in [0.4, 0.5) is 0 Å². The lowest BCUT2D eigenvalue weighted by atomic mass is 10.2. The third kappa shape index (κ3) is 4.06. The van der Waals surface area contributed by atoms with Gasteiger partial charge in [0.15, 0.2) is 0 Å². The van der Waals surface area contributed by atoms with Crippen LogP contribution < -0.4 is 15.4 Å². The topological polar surface area (TPSA) is 67.4 Å². The number of nitrogens with one attached hydrogen (secondary N) is 2. The summed E-state index contributed by atoms with van der Waals surface area (Å²) in [5, 5.41) is 7.34. The van der Waals surface area contributed by atoms with Gasteiger partial charge in [-0.3, -0.25) is 9.59 Å². The summed E-state index contributed by atoms with van der Waals surface area (Å²) >= 11 is 1.38. The van der Waals surface area contributed by atoms with E-state index >= 15 is 0 Å². The van der Waals surface area contributed by atoms with Crippen molar-refractivity contribution in [3.05, 3.63) is 52.2 Å². The van der Waals surface area contributed by atoms with Gasteiger partial charge in [0.1, 0.15) is 5.75 Å². The van der Waals surface area contributed by atoms with E-state index in [4.69, 9.17) is 4.74 Å². The standard InChI is InChI=1S/C15H16N2O3S/c1-20-12-6-3-2-5-11(12)14(18)16-8-9-17-15(19)13-7-4-10-21-13/h2-7,10H,8-9H2,1H3,(H,16,18)(H,17,19).